The Labute approximate surface area is 319 Å². The SMILES string of the molecule is CC1C=Cc2c(n(-c3nc(-c4ccc(-c5cccc6ccccc56)cc4)nc4c3sc3ccccc34)c3c4ccccc4c4sc5ccccc5c4c23)C1. The highest BCUT2D eigenvalue weighted by molar-refractivity contribution is 7.27. The van der Waals surface area contributed by atoms with Gasteiger partial charge in [0, 0.05) is 63.2 Å². The minimum Gasteiger partial charge on any atom is -0.296 e. The van der Waals surface area contributed by atoms with Crippen molar-refractivity contribution in [2.24, 2.45) is 5.92 Å². The first-order valence-corrected chi connectivity index (χ1v) is 20.2. The van der Waals surface area contributed by atoms with Crippen LogP contribution in [0.1, 0.15) is 18.2 Å². The van der Waals surface area contributed by atoms with Crippen LogP contribution >= 0.6 is 22.7 Å². The van der Waals surface area contributed by atoms with E-state index in [-0.39, 0.29) is 0 Å². The summed E-state index contributed by atoms with van der Waals surface area (Å²) >= 11 is 3.71. The molecule has 0 aliphatic heterocycles. The second-order valence-electron chi connectivity index (χ2n) is 14.6. The molecule has 1 aliphatic carbocycles. The van der Waals surface area contributed by atoms with E-state index in [1.807, 2.05) is 11.3 Å². The number of nitrogens with zero attached hydrogens (tertiary/aromatic N) is 3. The third-order valence-corrected chi connectivity index (χ3v) is 13.7. The fraction of sp³-hybridized carbons (Fsp3) is 0.0612. The number of hydrogen-bond donors (Lipinski definition) is 0. The lowest BCUT2D eigenvalue weighted by atomic mass is 9.92. The van der Waals surface area contributed by atoms with Crippen LogP contribution in [0, 0.1) is 5.92 Å². The number of aromatic nitrogens is 3. The van der Waals surface area contributed by atoms with Crippen LogP contribution in [-0.4, -0.2) is 14.5 Å². The molecule has 0 radical (unpaired) electrons. The lowest BCUT2D eigenvalue weighted by molar-refractivity contribution is 0.689. The van der Waals surface area contributed by atoms with Gasteiger partial charge >= 0.3 is 0 Å². The monoisotopic (exact) mass is 725 g/mol. The Bertz CT molecular complexity index is 3370. The fourth-order valence-electron chi connectivity index (χ4n) is 8.90. The van der Waals surface area contributed by atoms with Crippen molar-refractivity contribution < 1.29 is 0 Å². The maximum absolute atomic E-state index is 5.62. The third-order valence-electron chi connectivity index (χ3n) is 11.3. The number of rotatable bonds is 3. The van der Waals surface area contributed by atoms with E-state index >= 15 is 0 Å². The molecule has 0 spiro atoms. The fourth-order valence-corrected chi connectivity index (χ4v) is 11.3. The van der Waals surface area contributed by atoms with Crippen molar-refractivity contribution in [3.8, 4) is 28.3 Å². The van der Waals surface area contributed by atoms with Gasteiger partial charge in [0.1, 0.15) is 0 Å². The Morgan fingerprint density at radius 2 is 1.22 bits per heavy atom. The summed E-state index contributed by atoms with van der Waals surface area (Å²) in [5, 5.41) is 10.2. The summed E-state index contributed by atoms with van der Waals surface area (Å²) < 4.78 is 7.55. The predicted molar refractivity (Wildman–Crippen MR) is 232 cm³/mol. The van der Waals surface area contributed by atoms with Crippen LogP contribution in [0.5, 0.6) is 0 Å². The van der Waals surface area contributed by atoms with Crippen molar-refractivity contribution in [2.45, 2.75) is 13.3 Å². The van der Waals surface area contributed by atoms with Crippen LogP contribution in [-0.2, 0) is 6.42 Å². The maximum atomic E-state index is 5.62. The second-order valence-corrected chi connectivity index (χ2v) is 16.7. The zero-order valence-electron chi connectivity index (χ0n) is 29.4. The Hall–Kier alpha value is -6.14. The van der Waals surface area contributed by atoms with E-state index in [1.54, 1.807) is 11.3 Å². The molecular formula is C49H31N3S2. The summed E-state index contributed by atoms with van der Waals surface area (Å²) in [5.74, 6) is 2.11. The van der Waals surface area contributed by atoms with Crippen LogP contribution in [0.25, 0.3) is 107 Å². The molecule has 1 atom stereocenters. The summed E-state index contributed by atoms with van der Waals surface area (Å²) in [6, 6.07) is 50.6. The van der Waals surface area contributed by atoms with E-state index < -0.39 is 0 Å². The largest absolute Gasteiger partial charge is 0.296 e. The number of fused-ring (bicyclic) bond motifs is 14. The number of thiophene rings is 2. The molecule has 0 saturated carbocycles. The molecule has 0 amide bonds. The van der Waals surface area contributed by atoms with E-state index in [0.29, 0.717) is 5.92 Å². The molecule has 7 aromatic carbocycles. The Morgan fingerprint density at radius 3 is 2.06 bits per heavy atom. The smallest absolute Gasteiger partial charge is 0.162 e. The molecule has 54 heavy (non-hydrogen) atoms. The van der Waals surface area contributed by atoms with Gasteiger partial charge in [0.05, 0.1) is 15.7 Å². The lowest BCUT2D eigenvalue weighted by Gasteiger charge is -2.18. The molecule has 4 heterocycles. The van der Waals surface area contributed by atoms with E-state index in [0.717, 1.165) is 33.8 Å². The van der Waals surface area contributed by atoms with E-state index in [4.69, 9.17) is 9.97 Å². The first-order chi connectivity index (χ1) is 26.7. The van der Waals surface area contributed by atoms with Gasteiger partial charge in [-0.2, -0.15) is 0 Å². The molecule has 0 N–H and O–H groups in total. The second kappa shape index (κ2) is 11.4. The molecule has 0 saturated heterocycles. The highest BCUT2D eigenvalue weighted by Gasteiger charge is 2.29. The van der Waals surface area contributed by atoms with Crippen molar-refractivity contribution in [3.05, 3.63) is 157 Å². The van der Waals surface area contributed by atoms with E-state index in [9.17, 15) is 0 Å². The lowest BCUT2D eigenvalue weighted by Crippen LogP contribution is -2.10. The summed E-state index contributed by atoms with van der Waals surface area (Å²) in [5.41, 5.74) is 8.30. The molecule has 1 aliphatic rings. The third kappa shape index (κ3) is 4.28. The highest BCUT2D eigenvalue weighted by Crippen LogP contribution is 2.50. The van der Waals surface area contributed by atoms with Crippen LogP contribution in [0.4, 0.5) is 0 Å². The minimum absolute atomic E-state index is 0.405. The topological polar surface area (TPSA) is 30.7 Å². The molecule has 0 fully saturated rings. The summed E-state index contributed by atoms with van der Waals surface area (Å²) in [7, 11) is 0. The molecule has 12 rings (SSSR count). The molecular weight excluding hydrogens is 695 g/mol. The number of benzene rings is 7. The van der Waals surface area contributed by atoms with Crippen LogP contribution < -0.4 is 0 Å². The van der Waals surface area contributed by atoms with Crippen molar-refractivity contribution in [1.29, 1.82) is 0 Å². The van der Waals surface area contributed by atoms with Gasteiger partial charge < -0.3 is 0 Å². The zero-order chi connectivity index (χ0) is 35.5. The predicted octanol–water partition coefficient (Wildman–Crippen LogP) is 14.0. The first kappa shape index (κ1) is 30.3. The van der Waals surface area contributed by atoms with Crippen molar-refractivity contribution in [3.63, 3.8) is 0 Å². The summed E-state index contributed by atoms with van der Waals surface area (Å²) in [6.45, 7) is 2.33. The molecule has 1 unspecified atom stereocenters. The zero-order valence-corrected chi connectivity index (χ0v) is 31.0. The number of hydrogen-bond acceptors (Lipinski definition) is 4. The quantitative estimate of drug-likeness (QED) is 0.182. The average molecular weight is 726 g/mol. The van der Waals surface area contributed by atoms with Crippen molar-refractivity contribution in [2.75, 3.05) is 0 Å². The van der Waals surface area contributed by atoms with Gasteiger partial charge in [0.15, 0.2) is 11.6 Å². The normalized spacial score (nSPS) is 14.4. The Balaban J connectivity index is 1.19. The van der Waals surface area contributed by atoms with Crippen LogP contribution in [0.2, 0.25) is 0 Å². The Kier molecular flexibility index (Phi) is 6.42. The summed E-state index contributed by atoms with van der Waals surface area (Å²) in [4.78, 5) is 11.0. The Morgan fingerprint density at radius 1 is 0.574 bits per heavy atom. The molecule has 0 bridgehead atoms. The van der Waals surface area contributed by atoms with Gasteiger partial charge in [0.2, 0.25) is 0 Å². The van der Waals surface area contributed by atoms with Gasteiger partial charge in [-0.3, -0.25) is 4.57 Å². The number of allylic oxidation sites excluding steroid dienone is 1. The van der Waals surface area contributed by atoms with Gasteiger partial charge in [-0.25, -0.2) is 9.97 Å². The standard InChI is InChI=1S/C49H31N3S2/c1-28-21-26-36-39(27-28)52(45-34-14-4-5-15-35(34)46-43(42(36)45)37-16-6-8-19-40(37)53-46)49-47-44(38-17-7-9-20-41(38)54-47)50-48(51-49)31-24-22-30(23-25-31)33-18-10-12-29-11-2-3-13-32(29)33/h2-26,28H,27H2,1H3. The molecule has 4 aromatic heterocycles. The summed E-state index contributed by atoms with van der Waals surface area (Å²) in [6.07, 6.45) is 5.71. The molecule has 3 nitrogen and oxygen atoms in total. The van der Waals surface area contributed by atoms with Gasteiger partial charge in [0.25, 0.3) is 0 Å². The van der Waals surface area contributed by atoms with Gasteiger partial charge in [-0.1, -0.05) is 146 Å². The van der Waals surface area contributed by atoms with E-state index in [2.05, 4.69) is 163 Å². The first-order valence-electron chi connectivity index (χ1n) is 18.6. The molecule has 254 valence electrons. The molecule has 5 heteroatoms. The van der Waals surface area contributed by atoms with Crippen molar-refractivity contribution in [1.82, 2.24) is 14.5 Å². The van der Waals surface area contributed by atoms with Gasteiger partial charge in [-0.15, -0.1) is 22.7 Å². The van der Waals surface area contributed by atoms with E-state index in [1.165, 1.54) is 85.1 Å². The average Bonchev–Trinajstić information content (AvgIpc) is 3.90. The maximum Gasteiger partial charge on any atom is 0.162 e. The molecule has 11 aromatic rings. The van der Waals surface area contributed by atoms with Gasteiger partial charge in [-0.05, 0) is 46.4 Å². The van der Waals surface area contributed by atoms with Crippen LogP contribution in [0.15, 0.2) is 146 Å². The van der Waals surface area contributed by atoms with Crippen LogP contribution in [0.3, 0.4) is 0 Å². The highest BCUT2D eigenvalue weighted by atomic mass is 32.1. The minimum atomic E-state index is 0.405. The van der Waals surface area contributed by atoms with Crippen molar-refractivity contribution >= 4 is 102 Å².